The molecule has 0 aliphatic carbocycles. The summed E-state index contributed by atoms with van der Waals surface area (Å²) in [4.78, 5) is 0. The van der Waals surface area contributed by atoms with Gasteiger partial charge < -0.3 is 9.47 Å². The molecule has 6 heteroatoms. The molecule has 4 rings (SSSR count). The molecule has 0 heterocycles. The largest absolute Gasteiger partial charge is 0.429 e. The molecular weight excluding hydrogens is 456 g/mol. The molecule has 35 heavy (non-hydrogen) atoms. The number of hydrogen-bond donors (Lipinski definition) is 0. The van der Waals surface area contributed by atoms with Crippen molar-refractivity contribution in [2.45, 2.75) is 32.5 Å². The summed E-state index contributed by atoms with van der Waals surface area (Å²) in [5.41, 5.74) is 2.86. The van der Waals surface area contributed by atoms with E-state index in [-0.39, 0.29) is 22.6 Å². The van der Waals surface area contributed by atoms with Crippen LogP contribution in [0.15, 0.2) is 97.1 Å². The number of hydrogen-bond acceptors (Lipinski definition) is 2. The van der Waals surface area contributed by atoms with Crippen molar-refractivity contribution in [3.05, 3.63) is 130 Å². The van der Waals surface area contributed by atoms with Gasteiger partial charge in [-0.25, -0.2) is 0 Å². The lowest BCUT2D eigenvalue weighted by molar-refractivity contribution is -0.186. The smallest absolute Gasteiger partial charge is 0.426 e. The molecule has 2 nitrogen and oxygen atoms in total. The SMILES string of the molecule is Cc1ccc(OC(F)(F)c2ccc(Cc3ccc(C(F)(F)Oc4ccc(C)cc4)cc3)cc2)cc1. The van der Waals surface area contributed by atoms with Crippen LogP contribution in [-0.4, -0.2) is 0 Å². The normalized spacial score (nSPS) is 11.8. The zero-order valence-corrected chi connectivity index (χ0v) is 19.3. The summed E-state index contributed by atoms with van der Waals surface area (Å²) >= 11 is 0. The first-order valence-electron chi connectivity index (χ1n) is 11.1. The molecule has 180 valence electrons. The van der Waals surface area contributed by atoms with E-state index in [9.17, 15) is 17.6 Å². The lowest BCUT2D eigenvalue weighted by Crippen LogP contribution is -2.22. The summed E-state index contributed by atoms with van der Waals surface area (Å²) in [5.74, 6) is 0.154. The molecule has 0 atom stereocenters. The van der Waals surface area contributed by atoms with Crippen molar-refractivity contribution in [3.8, 4) is 11.5 Å². The second-order valence-corrected chi connectivity index (χ2v) is 8.43. The lowest BCUT2D eigenvalue weighted by Gasteiger charge is -2.19. The lowest BCUT2D eigenvalue weighted by atomic mass is 10.0. The third-order valence-corrected chi connectivity index (χ3v) is 5.52. The molecule has 4 aromatic carbocycles. The van der Waals surface area contributed by atoms with Crippen molar-refractivity contribution in [1.29, 1.82) is 0 Å². The van der Waals surface area contributed by atoms with Crippen LogP contribution in [0.5, 0.6) is 11.5 Å². The molecule has 0 N–H and O–H groups in total. The minimum absolute atomic E-state index is 0.0768. The van der Waals surface area contributed by atoms with Gasteiger partial charge in [0.2, 0.25) is 0 Å². The first-order chi connectivity index (χ1) is 16.6. The summed E-state index contributed by atoms with van der Waals surface area (Å²) in [6.07, 6.45) is -6.58. The van der Waals surface area contributed by atoms with Crippen molar-refractivity contribution in [3.63, 3.8) is 0 Å². The van der Waals surface area contributed by atoms with Gasteiger partial charge in [-0.15, -0.1) is 0 Å². The zero-order valence-electron chi connectivity index (χ0n) is 19.3. The molecule has 0 bridgehead atoms. The van der Waals surface area contributed by atoms with Gasteiger partial charge in [0.1, 0.15) is 11.5 Å². The van der Waals surface area contributed by atoms with E-state index >= 15 is 0 Å². The Morgan fingerprint density at radius 2 is 0.800 bits per heavy atom. The predicted octanol–water partition coefficient (Wildman–Crippen LogP) is 8.15. The Bertz CT molecular complexity index is 1150. The second kappa shape index (κ2) is 9.82. The van der Waals surface area contributed by atoms with Crippen LogP contribution in [0.4, 0.5) is 17.6 Å². The van der Waals surface area contributed by atoms with Crippen molar-refractivity contribution >= 4 is 0 Å². The Morgan fingerprint density at radius 1 is 0.486 bits per heavy atom. The third kappa shape index (κ3) is 6.21. The summed E-state index contributed by atoms with van der Waals surface area (Å²) in [6, 6.07) is 24.3. The molecule has 0 unspecified atom stereocenters. The fraction of sp³-hybridized carbons (Fsp3) is 0.172. The molecule has 0 amide bonds. The first kappa shape index (κ1) is 24.3. The Morgan fingerprint density at radius 3 is 1.11 bits per heavy atom. The van der Waals surface area contributed by atoms with Crippen LogP contribution in [0, 0.1) is 13.8 Å². The fourth-order valence-electron chi connectivity index (χ4n) is 3.50. The summed E-state index contributed by atoms with van der Waals surface area (Å²) < 4.78 is 67.9. The molecule has 0 aliphatic heterocycles. The maximum Gasteiger partial charge on any atom is 0.426 e. The van der Waals surface area contributed by atoms with Crippen LogP contribution in [0.1, 0.15) is 33.4 Å². The molecule has 4 aromatic rings. The minimum atomic E-state index is -3.49. The van der Waals surface area contributed by atoms with E-state index in [2.05, 4.69) is 0 Å². The summed E-state index contributed by atoms with van der Waals surface area (Å²) in [5, 5.41) is 0. The molecule has 0 saturated carbocycles. The average Bonchev–Trinajstić information content (AvgIpc) is 2.82. The van der Waals surface area contributed by atoms with Crippen LogP contribution in [0.25, 0.3) is 0 Å². The van der Waals surface area contributed by atoms with Crippen molar-refractivity contribution in [2.24, 2.45) is 0 Å². The predicted molar refractivity (Wildman–Crippen MR) is 127 cm³/mol. The Kier molecular flexibility index (Phi) is 6.83. The van der Waals surface area contributed by atoms with Crippen LogP contribution >= 0.6 is 0 Å². The Balaban J connectivity index is 1.40. The number of aryl methyl sites for hydroxylation is 2. The van der Waals surface area contributed by atoms with Gasteiger partial charge in [0.25, 0.3) is 0 Å². The Labute approximate surface area is 201 Å². The van der Waals surface area contributed by atoms with Gasteiger partial charge >= 0.3 is 12.2 Å². The van der Waals surface area contributed by atoms with E-state index in [1.807, 2.05) is 13.8 Å². The molecular formula is C29H24F4O2. The summed E-state index contributed by atoms with van der Waals surface area (Å²) in [6.45, 7) is 3.72. The number of halogens is 4. The van der Waals surface area contributed by atoms with Gasteiger partial charge in [-0.3, -0.25) is 0 Å². The highest BCUT2D eigenvalue weighted by Crippen LogP contribution is 2.33. The van der Waals surface area contributed by atoms with Gasteiger partial charge in [-0.05, 0) is 79.9 Å². The zero-order chi connectivity index (χ0) is 25.1. The number of rotatable bonds is 8. The molecule has 0 fully saturated rings. The van der Waals surface area contributed by atoms with Crippen molar-refractivity contribution < 1.29 is 27.0 Å². The first-order valence-corrected chi connectivity index (χ1v) is 11.1. The number of benzene rings is 4. The average molecular weight is 481 g/mol. The summed E-state index contributed by atoms with van der Waals surface area (Å²) in [7, 11) is 0. The van der Waals surface area contributed by atoms with Crippen LogP contribution in [-0.2, 0) is 18.6 Å². The van der Waals surface area contributed by atoms with Crippen LogP contribution in [0.3, 0.4) is 0 Å². The molecule has 0 spiro atoms. The maximum absolute atomic E-state index is 14.5. The monoisotopic (exact) mass is 480 g/mol. The van der Waals surface area contributed by atoms with E-state index in [4.69, 9.17) is 9.47 Å². The van der Waals surface area contributed by atoms with Gasteiger partial charge in [0, 0.05) is 0 Å². The van der Waals surface area contributed by atoms with E-state index in [0.717, 1.165) is 22.3 Å². The van der Waals surface area contributed by atoms with Gasteiger partial charge in [-0.1, -0.05) is 59.7 Å². The molecule has 0 radical (unpaired) electrons. The molecule has 0 saturated heterocycles. The van der Waals surface area contributed by atoms with Gasteiger partial charge in [0.05, 0.1) is 11.1 Å². The number of ether oxygens (including phenoxy) is 2. The van der Waals surface area contributed by atoms with E-state index in [1.54, 1.807) is 48.5 Å². The van der Waals surface area contributed by atoms with Crippen molar-refractivity contribution in [1.82, 2.24) is 0 Å². The topological polar surface area (TPSA) is 18.5 Å². The standard InChI is InChI=1S/C29H24F4O2/c1-20-3-15-26(16-4-20)34-28(30,31)24-11-7-22(8-12-24)19-23-9-13-25(14-10-23)29(32,33)35-27-17-5-21(2)6-18-27/h3-18H,19H2,1-2H3. The minimum Gasteiger partial charge on any atom is -0.429 e. The fourth-order valence-corrected chi connectivity index (χ4v) is 3.50. The van der Waals surface area contributed by atoms with Crippen LogP contribution < -0.4 is 9.47 Å². The van der Waals surface area contributed by atoms with E-state index in [1.165, 1.54) is 48.5 Å². The highest BCUT2D eigenvalue weighted by atomic mass is 19.3. The highest BCUT2D eigenvalue weighted by molar-refractivity contribution is 5.34. The highest BCUT2D eigenvalue weighted by Gasteiger charge is 2.35. The van der Waals surface area contributed by atoms with Crippen LogP contribution in [0.2, 0.25) is 0 Å². The molecule has 0 aliphatic rings. The van der Waals surface area contributed by atoms with Gasteiger partial charge in [0.15, 0.2) is 0 Å². The second-order valence-electron chi connectivity index (χ2n) is 8.43. The van der Waals surface area contributed by atoms with Crippen molar-refractivity contribution in [2.75, 3.05) is 0 Å². The maximum atomic E-state index is 14.5. The van der Waals surface area contributed by atoms with E-state index < -0.39 is 12.2 Å². The third-order valence-electron chi connectivity index (χ3n) is 5.52. The van der Waals surface area contributed by atoms with E-state index in [0.29, 0.717) is 6.42 Å². The molecule has 0 aromatic heterocycles. The Hall–Kier alpha value is -3.80. The quantitative estimate of drug-likeness (QED) is 0.237. The van der Waals surface area contributed by atoms with Gasteiger partial charge in [-0.2, -0.15) is 17.6 Å². The number of alkyl halides is 4.